The van der Waals surface area contributed by atoms with Crippen molar-refractivity contribution >= 4 is 45.6 Å². The largest absolute Gasteiger partial charge is 0.435 e. The van der Waals surface area contributed by atoms with Gasteiger partial charge < -0.3 is 10.1 Å². The Morgan fingerprint density at radius 2 is 1.79 bits per heavy atom. The molecule has 2 aromatic carbocycles. The van der Waals surface area contributed by atoms with E-state index in [1.165, 1.54) is 12.1 Å². The number of pyridine rings is 1. The van der Waals surface area contributed by atoms with Gasteiger partial charge in [0.05, 0.1) is 15.6 Å². The van der Waals surface area contributed by atoms with E-state index >= 15 is 0 Å². The van der Waals surface area contributed by atoms with Gasteiger partial charge in [-0.05, 0) is 36.4 Å². The molecule has 9 heteroatoms. The Balaban J connectivity index is 1.83. The van der Waals surface area contributed by atoms with Gasteiger partial charge >= 0.3 is 6.61 Å². The van der Waals surface area contributed by atoms with Gasteiger partial charge in [-0.1, -0.05) is 29.3 Å². The van der Waals surface area contributed by atoms with Gasteiger partial charge in [-0.15, -0.1) is 0 Å². The lowest BCUT2D eigenvalue weighted by Gasteiger charge is -2.13. The van der Waals surface area contributed by atoms with E-state index in [1.54, 1.807) is 42.7 Å². The average Bonchev–Trinajstić information content (AvgIpc) is 2.70. The maximum Gasteiger partial charge on any atom is 0.387 e. The number of nitrogens with zero attached hydrogens (tertiary/aromatic N) is 3. The summed E-state index contributed by atoms with van der Waals surface area (Å²) in [5.74, 6) is 0.880. The first-order valence-electron chi connectivity index (χ1n) is 8.39. The molecule has 0 aliphatic heterocycles. The van der Waals surface area contributed by atoms with Crippen LogP contribution in [0.15, 0.2) is 60.9 Å². The van der Waals surface area contributed by atoms with Gasteiger partial charge in [0.2, 0.25) is 0 Å². The quantitative estimate of drug-likeness (QED) is 0.398. The van der Waals surface area contributed by atoms with Crippen molar-refractivity contribution in [3.8, 4) is 17.1 Å². The van der Waals surface area contributed by atoms with Crippen molar-refractivity contribution in [2.75, 3.05) is 5.32 Å². The minimum atomic E-state index is -2.91. The van der Waals surface area contributed by atoms with Crippen molar-refractivity contribution in [2.24, 2.45) is 0 Å². The van der Waals surface area contributed by atoms with Crippen LogP contribution in [0.5, 0.6) is 5.75 Å². The minimum Gasteiger partial charge on any atom is -0.435 e. The molecule has 1 N–H and O–H groups in total. The first-order valence-corrected chi connectivity index (χ1v) is 9.14. The summed E-state index contributed by atoms with van der Waals surface area (Å²) in [6, 6.07) is 13.1. The maximum absolute atomic E-state index is 12.5. The monoisotopic (exact) mass is 432 g/mol. The lowest BCUT2D eigenvalue weighted by Crippen LogP contribution is -2.03. The Bertz CT molecular complexity index is 1180. The van der Waals surface area contributed by atoms with Crippen LogP contribution in [-0.2, 0) is 0 Å². The molecular weight excluding hydrogens is 421 g/mol. The van der Waals surface area contributed by atoms with Crippen molar-refractivity contribution in [1.29, 1.82) is 0 Å². The van der Waals surface area contributed by atoms with Gasteiger partial charge in [0.15, 0.2) is 5.82 Å². The molecule has 4 aromatic rings. The second-order valence-electron chi connectivity index (χ2n) is 5.95. The SMILES string of the molecule is FC(F)Oc1cccc(Nc2nc(-c3cccnc3)nc3cc(Cl)c(Cl)cc23)c1. The Hall–Kier alpha value is -3.03. The summed E-state index contributed by atoms with van der Waals surface area (Å²) in [6.45, 7) is -2.91. The standard InChI is InChI=1S/C20H12Cl2F2N4O/c21-15-8-14-17(9-16(15)22)27-18(11-3-2-6-25-10-11)28-19(14)26-12-4-1-5-13(7-12)29-20(23)24/h1-10,20H,(H,26,27,28). The maximum atomic E-state index is 12.5. The summed E-state index contributed by atoms with van der Waals surface area (Å²) in [4.78, 5) is 13.2. The molecule has 2 aromatic heterocycles. The Morgan fingerprint density at radius 3 is 2.55 bits per heavy atom. The van der Waals surface area contributed by atoms with Gasteiger partial charge in [-0.25, -0.2) is 9.97 Å². The number of nitrogens with one attached hydrogen (secondary N) is 1. The second kappa shape index (κ2) is 8.14. The molecule has 146 valence electrons. The summed E-state index contributed by atoms with van der Waals surface area (Å²) in [5.41, 5.74) is 1.78. The predicted molar refractivity (Wildman–Crippen MR) is 109 cm³/mol. The molecule has 0 fully saturated rings. The lowest BCUT2D eigenvalue weighted by molar-refractivity contribution is -0.0497. The van der Waals surface area contributed by atoms with E-state index in [2.05, 4.69) is 25.0 Å². The third kappa shape index (κ3) is 4.36. The summed E-state index contributed by atoms with van der Waals surface area (Å²) >= 11 is 12.3. The molecule has 4 rings (SSSR count). The van der Waals surface area contributed by atoms with E-state index in [-0.39, 0.29) is 5.75 Å². The summed E-state index contributed by atoms with van der Waals surface area (Å²) in [5, 5.41) is 4.43. The van der Waals surface area contributed by atoms with E-state index < -0.39 is 6.61 Å². The Kier molecular flexibility index (Phi) is 5.42. The summed E-state index contributed by atoms with van der Waals surface area (Å²) in [7, 11) is 0. The van der Waals surface area contributed by atoms with E-state index in [1.807, 2.05) is 6.07 Å². The van der Waals surface area contributed by atoms with Crippen LogP contribution in [-0.4, -0.2) is 21.6 Å². The van der Waals surface area contributed by atoms with Crippen LogP contribution >= 0.6 is 23.2 Å². The van der Waals surface area contributed by atoms with Crippen LogP contribution < -0.4 is 10.1 Å². The van der Waals surface area contributed by atoms with Crippen molar-refractivity contribution in [3.05, 3.63) is 71.0 Å². The zero-order valence-corrected chi connectivity index (χ0v) is 16.1. The molecule has 0 aliphatic carbocycles. The number of rotatable bonds is 5. The minimum absolute atomic E-state index is 0.0249. The van der Waals surface area contributed by atoms with Gasteiger partial charge in [0.1, 0.15) is 11.6 Å². The predicted octanol–water partition coefficient (Wildman–Crippen LogP) is 6.34. The van der Waals surface area contributed by atoms with E-state index in [4.69, 9.17) is 23.2 Å². The fourth-order valence-electron chi connectivity index (χ4n) is 2.73. The fraction of sp³-hybridized carbons (Fsp3) is 0.0500. The highest BCUT2D eigenvalue weighted by Gasteiger charge is 2.13. The number of halogens is 4. The zero-order valence-electron chi connectivity index (χ0n) is 14.6. The highest BCUT2D eigenvalue weighted by molar-refractivity contribution is 6.42. The Morgan fingerprint density at radius 1 is 0.966 bits per heavy atom. The normalized spacial score (nSPS) is 11.1. The summed E-state index contributed by atoms with van der Waals surface area (Å²) < 4.78 is 29.5. The molecule has 0 spiro atoms. The number of hydrogen-bond donors (Lipinski definition) is 1. The molecule has 0 saturated carbocycles. The average molecular weight is 433 g/mol. The highest BCUT2D eigenvalue weighted by atomic mass is 35.5. The first-order chi connectivity index (χ1) is 14.0. The molecule has 29 heavy (non-hydrogen) atoms. The number of alkyl halides is 2. The van der Waals surface area contributed by atoms with Crippen LogP contribution in [0.2, 0.25) is 10.0 Å². The van der Waals surface area contributed by atoms with Crippen LogP contribution in [0.3, 0.4) is 0 Å². The highest BCUT2D eigenvalue weighted by Crippen LogP contribution is 2.33. The van der Waals surface area contributed by atoms with Crippen molar-refractivity contribution in [2.45, 2.75) is 6.61 Å². The molecule has 0 bridgehead atoms. The van der Waals surface area contributed by atoms with Crippen LogP contribution in [0.4, 0.5) is 20.3 Å². The smallest absolute Gasteiger partial charge is 0.387 e. The molecule has 0 atom stereocenters. The van der Waals surface area contributed by atoms with Crippen LogP contribution in [0.25, 0.3) is 22.3 Å². The second-order valence-corrected chi connectivity index (χ2v) is 6.77. The van der Waals surface area contributed by atoms with Gasteiger partial charge in [0, 0.05) is 35.1 Å². The third-order valence-corrected chi connectivity index (χ3v) is 4.70. The topological polar surface area (TPSA) is 59.9 Å². The molecule has 0 unspecified atom stereocenters. The molecule has 2 heterocycles. The zero-order chi connectivity index (χ0) is 20.4. The van der Waals surface area contributed by atoms with E-state index in [0.29, 0.717) is 43.8 Å². The lowest BCUT2D eigenvalue weighted by atomic mass is 10.2. The number of aromatic nitrogens is 3. The molecule has 0 aliphatic rings. The summed E-state index contributed by atoms with van der Waals surface area (Å²) in [6.07, 6.45) is 3.29. The molecule has 5 nitrogen and oxygen atoms in total. The van der Waals surface area contributed by atoms with Crippen molar-refractivity contribution < 1.29 is 13.5 Å². The van der Waals surface area contributed by atoms with Crippen molar-refractivity contribution in [1.82, 2.24) is 15.0 Å². The van der Waals surface area contributed by atoms with Crippen molar-refractivity contribution in [3.63, 3.8) is 0 Å². The number of ether oxygens (including phenoxy) is 1. The van der Waals surface area contributed by atoms with Gasteiger partial charge in [-0.2, -0.15) is 8.78 Å². The third-order valence-electron chi connectivity index (χ3n) is 3.98. The molecule has 0 saturated heterocycles. The van der Waals surface area contributed by atoms with E-state index in [9.17, 15) is 8.78 Å². The number of hydrogen-bond acceptors (Lipinski definition) is 5. The Labute approximate surface area is 174 Å². The fourth-order valence-corrected chi connectivity index (χ4v) is 3.05. The first kappa shape index (κ1) is 19.3. The number of fused-ring (bicyclic) bond motifs is 1. The molecular formula is C20H12Cl2F2N4O. The van der Waals surface area contributed by atoms with Crippen LogP contribution in [0, 0.1) is 0 Å². The van der Waals surface area contributed by atoms with Crippen LogP contribution in [0.1, 0.15) is 0 Å². The molecule has 0 amide bonds. The number of anilines is 2. The van der Waals surface area contributed by atoms with Gasteiger partial charge in [0.25, 0.3) is 0 Å². The van der Waals surface area contributed by atoms with Gasteiger partial charge in [-0.3, -0.25) is 4.98 Å². The molecule has 0 radical (unpaired) electrons. The van der Waals surface area contributed by atoms with E-state index in [0.717, 1.165) is 0 Å². The number of benzene rings is 2.